The van der Waals surface area contributed by atoms with Gasteiger partial charge in [0.2, 0.25) is 0 Å². The molecule has 2 N–H and O–H groups in total. The Morgan fingerprint density at radius 2 is 1.76 bits per heavy atom. The number of aryl methyl sites for hydroxylation is 2. The number of nitrogens with zero attached hydrogens (tertiary/aromatic N) is 2. The van der Waals surface area contributed by atoms with E-state index >= 15 is 0 Å². The van der Waals surface area contributed by atoms with Crippen molar-refractivity contribution >= 4 is 11.8 Å². The van der Waals surface area contributed by atoms with E-state index in [4.69, 9.17) is 10.5 Å². The predicted molar refractivity (Wildman–Crippen MR) is 86.8 cm³/mol. The minimum Gasteiger partial charge on any atom is -0.492 e. The Kier molecular flexibility index (Phi) is 5.59. The lowest BCUT2D eigenvalue weighted by Crippen LogP contribution is -2.06. The average molecular weight is 303 g/mol. The largest absolute Gasteiger partial charge is 0.492 e. The van der Waals surface area contributed by atoms with Gasteiger partial charge in [-0.3, -0.25) is 0 Å². The summed E-state index contributed by atoms with van der Waals surface area (Å²) in [6.07, 6.45) is 0. The van der Waals surface area contributed by atoms with Crippen molar-refractivity contribution in [2.45, 2.75) is 32.5 Å². The zero-order chi connectivity index (χ0) is 15.2. The summed E-state index contributed by atoms with van der Waals surface area (Å²) in [7, 11) is 0. The fourth-order valence-electron chi connectivity index (χ4n) is 1.90. The number of hydrogen-bond donors (Lipinski definition) is 1. The molecule has 1 aromatic carbocycles. The maximum Gasteiger partial charge on any atom is 0.188 e. The molecule has 0 amide bonds. The first kappa shape index (κ1) is 15.8. The first-order valence-electron chi connectivity index (χ1n) is 6.97. The van der Waals surface area contributed by atoms with Gasteiger partial charge in [0.05, 0.1) is 6.61 Å². The smallest absolute Gasteiger partial charge is 0.188 e. The molecule has 0 unspecified atom stereocenters. The monoisotopic (exact) mass is 303 g/mol. The molecule has 21 heavy (non-hydrogen) atoms. The van der Waals surface area contributed by atoms with Crippen molar-refractivity contribution in [1.82, 2.24) is 9.97 Å². The lowest BCUT2D eigenvalue weighted by Gasteiger charge is -2.10. The lowest BCUT2D eigenvalue weighted by molar-refractivity contribution is 0.340. The Labute approximate surface area is 130 Å². The van der Waals surface area contributed by atoms with Crippen LogP contribution in [0, 0.1) is 20.8 Å². The summed E-state index contributed by atoms with van der Waals surface area (Å²) >= 11 is 1.61. The van der Waals surface area contributed by atoms with Gasteiger partial charge in [0.25, 0.3) is 0 Å². The van der Waals surface area contributed by atoms with Crippen LogP contribution in [0.5, 0.6) is 5.75 Å². The standard InChI is InChI=1S/C16H21N3OS/c1-11-12(2)18-16(19-13(11)3)21-9-8-20-15-7-5-4-6-14(15)10-17/h4-7H,8-10,17H2,1-3H3. The summed E-state index contributed by atoms with van der Waals surface area (Å²) in [6.45, 7) is 7.18. The third-order valence-corrected chi connectivity index (χ3v) is 4.19. The molecule has 0 aliphatic heterocycles. The first-order valence-corrected chi connectivity index (χ1v) is 7.95. The van der Waals surface area contributed by atoms with Gasteiger partial charge in [0, 0.05) is 29.2 Å². The Hall–Kier alpha value is -1.59. The van der Waals surface area contributed by atoms with E-state index in [2.05, 4.69) is 9.97 Å². The van der Waals surface area contributed by atoms with Crippen LogP contribution in [0.2, 0.25) is 0 Å². The van der Waals surface area contributed by atoms with Crippen molar-refractivity contribution in [2.24, 2.45) is 5.73 Å². The minimum absolute atomic E-state index is 0.489. The highest BCUT2D eigenvalue weighted by Gasteiger charge is 2.06. The van der Waals surface area contributed by atoms with Gasteiger partial charge >= 0.3 is 0 Å². The van der Waals surface area contributed by atoms with Crippen LogP contribution >= 0.6 is 11.8 Å². The number of nitrogens with two attached hydrogens (primary N) is 1. The summed E-state index contributed by atoms with van der Waals surface area (Å²) in [6, 6.07) is 7.86. The van der Waals surface area contributed by atoms with E-state index in [0.717, 1.165) is 39.2 Å². The predicted octanol–water partition coefficient (Wildman–Crippen LogP) is 3.03. The van der Waals surface area contributed by atoms with Gasteiger partial charge < -0.3 is 10.5 Å². The zero-order valence-electron chi connectivity index (χ0n) is 12.7. The Balaban J connectivity index is 1.88. The molecule has 1 heterocycles. The molecule has 0 saturated carbocycles. The highest BCUT2D eigenvalue weighted by Crippen LogP contribution is 2.19. The van der Waals surface area contributed by atoms with Gasteiger partial charge in [-0.25, -0.2) is 9.97 Å². The van der Waals surface area contributed by atoms with Crippen molar-refractivity contribution in [2.75, 3.05) is 12.4 Å². The maximum absolute atomic E-state index is 5.78. The molecular formula is C16H21N3OS. The second-order valence-corrected chi connectivity index (χ2v) is 5.87. The quantitative estimate of drug-likeness (QED) is 0.505. The summed E-state index contributed by atoms with van der Waals surface area (Å²) in [5, 5.41) is 0.811. The van der Waals surface area contributed by atoms with Crippen LogP contribution in [-0.2, 0) is 6.54 Å². The SMILES string of the molecule is Cc1nc(SCCOc2ccccc2CN)nc(C)c1C. The van der Waals surface area contributed by atoms with E-state index < -0.39 is 0 Å². The summed E-state index contributed by atoms with van der Waals surface area (Å²) in [5.74, 6) is 1.67. The van der Waals surface area contributed by atoms with Gasteiger partial charge in [-0.05, 0) is 32.4 Å². The normalized spacial score (nSPS) is 10.7. The van der Waals surface area contributed by atoms with Gasteiger partial charge in [0.15, 0.2) is 5.16 Å². The van der Waals surface area contributed by atoms with E-state index in [9.17, 15) is 0 Å². The summed E-state index contributed by atoms with van der Waals surface area (Å²) in [5.41, 5.74) is 9.96. The molecule has 0 fully saturated rings. The van der Waals surface area contributed by atoms with Crippen molar-refractivity contribution in [3.63, 3.8) is 0 Å². The molecule has 112 valence electrons. The molecule has 5 heteroatoms. The molecular weight excluding hydrogens is 282 g/mol. The van der Waals surface area contributed by atoms with Gasteiger partial charge in [-0.1, -0.05) is 30.0 Å². The van der Waals surface area contributed by atoms with Crippen molar-refractivity contribution in [1.29, 1.82) is 0 Å². The Morgan fingerprint density at radius 1 is 1.10 bits per heavy atom. The molecule has 2 rings (SSSR count). The summed E-state index contributed by atoms with van der Waals surface area (Å²) in [4.78, 5) is 8.98. The maximum atomic E-state index is 5.78. The molecule has 1 aromatic heterocycles. The topological polar surface area (TPSA) is 61.0 Å². The number of ether oxygens (including phenoxy) is 1. The minimum atomic E-state index is 0.489. The Morgan fingerprint density at radius 3 is 2.43 bits per heavy atom. The van der Waals surface area contributed by atoms with E-state index in [0.29, 0.717) is 13.2 Å². The molecule has 0 atom stereocenters. The molecule has 0 aliphatic carbocycles. The van der Waals surface area contributed by atoms with Crippen LogP contribution < -0.4 is 10.5 Å². The second kappa shape index (κ2) is 7.43. The van der Waals surface area contributed by atoms with Crippen molar-refractivity contribution in [3.8, 4) is 5.75 Å². The third kappa shape index (κ3) is 4.19. The molecule has 4 nitrogen and oxygen atoms in total. The molecule has 0 radical (unpaired) electrons. The molecule has 0 aliphatic rings. The van der Waals surface area contributed by atoms with Crippen molar-refractivity contribution < 1.29 is 4.74 Å². The Bertz CT molecular complexity index is 593. The van der Waals surface area contributed by atoms with Gasteiger partial charge in [-0.2, -0.15) is 0 Å². The van der Waals surface area contributed by atoms with Crippen molar-refractivity contribution in [3.05, 3.63) is 46.8 Å². The average Bonchev–Trinajstić information content (AvgIpc) is 2.49. The highest BCUT2D eigenvalue weighted by molar-refractivity contribution is 7.99. The summed E-state index contributed by atoms with van der Waals surface area (Å²) < 4.78 is 5.78. The molecule has 0 spiro atoms. The number of rotatable bonds is 6. The second-order valence-electron chi connectivity index (χ2n) is 4.81. The zero-order valence-corrected chi connectivity index (χ0v) is 13.5. The van der Waals surface area contributed by atoms with Crippen LogP contribution in [0.25, 0.3) is 0 Å². The van der Waals surface area contributed by atoms with Gasteiger partial charge in [-0.15, -0.1) is 0 Å². The fourth-order valence-corrected chi connectivity index (χ4v) is 2.66. The number of benzene rings is 1. The number of para-hydroxylation sites is 1. The van der Waals surface area contributed by atoms with E-state index in [1.54, 1.807) is 11.8 Å². The number of aromatic nitrogens is 2. The van der Waals surface area contributed by atoms with Crippen LogP contribution in [0.3, 0.4) is 0 Å². The van der Waals surface area contributed by atoms with E-state index in [-0.39, 0.29) is 0 Å². The van der Waals surface area contributed by atoms with Crippen LogP contribution in [-0.4, -0.2) is 22.3 Å². The highest BCUT2D eigenvalue weighted by atomic mass is 32.2. The van der Waals surface area contributed by atoms with Crippen LogP contribution in [0.1, 0.15) is 22.5 Å². The van der Waals surface area contributed by atoms with Gasteiger partial charge in [0.1, 0.15) is 5.75 Å². The molecule has 0 bridgehead atoms. The number of thioether (sulfide) groups is 1. The third-order valence-electron chi connectivity index (χ3n) is 3.38. The fraction of sp³-hybridized carbons (Fsp3) is 0.375. The first-order chi connectivity index (χ1) is 10.1. The van der Waals surface area contributed by atoms with Crippen LogP contribution in [0.15, 0.2) is 29.4 Å². The number of hydrogen-bond acceptors (Lipinski definition) is 5. The van der Waals surface area contributed by atoms with E-state index in [1.165, 1.54) is 0 Å². The molecule has 0 saturated heterocycles. The van der Waals surface area contributed by atoms with E-state index in [1.807, 2.05) is 45.0 Å². The molecule has 2 aromatic rings. The lowest BCUT2D eigenvalue weighted by atomic mass is 10.2. The van der Waals surface area contributed by atoms with Crippen LogP contribution in [0.4, 0.5) is 0 Å².